The molecule has 5 nitrogen and oxygen atoms in total. The number of halogens is 1. The van der Waals surface area contributed by atoms with Gasteiger partial charge in [-0.2, -0.15) is 0 Å². The molecule has 1 heterocycles. The zero-order valence-electron chi connectivity index (χ0n) is 13.0. The Balaban J connectivity index is 0.00000192. The van der Waals surface area contributed by atoms with Gasteiger partial charge in [0.2, 0.25) is 5.89 Å². The predicted molar refractivity (Wildman–Crippen MR) is 89.6 cm³/mol. The summed E-state index contributed by atoms with van der Waals surface area (Å²) in [6, 6.07) is 9.70. The lowest BCUT2D eigenvalue weighted by atomic mass is 9.98. The average molecular weight is 337 g/mol. The molecule has 1 aromatic heterocycles. The lowest BCUT2D eigenvalue weighted by Crippen LogP contribution is -2.49. The number of carboxylic acids is 1. The zero-order chi connectivity index (χ0) is 15.6. The van der Waals surface area contributed by atoms with Gasteiger partial charge in [-0.05, 0) is 31.9 Å². The van der Waals surface area contributed by atoms with Crippen LogP contribution in [0.4, 0.5) is 0 Å². The molecule has 6 heteroatoms. The van der Waals surface area contributed by atoms with Gasteiger partial charge in [0.25, 0.3) is 0 Å². The van der Waals surface area contributed by atoms with Gasteiger partial charge < -0.3 is 9.52 Å². The highest BCUT2D eigenvalue weighted by Gasteiger charge is 2.40. The summed E-state index contributed by atoms with van der Waals surface area (Å²) in [7, 11) is 0. The third-order valence-corrected chi connectivity index (χ3v) is 4.37. The number of benzene rings is 1. The summed E-state index contributed by atoms with van der Waals surface area (Å²) in [5, 5.41) is 12.7. The molecule has 0 atom stereocenters. The molecule has 1 fully saturated rings. The highest BCUT2D eigenvalue weighted by atomic mass is 35.5. The van der Waals surface area contributed by atoms with Crippen LogP contribution in [0.25, 0.3) is 11.5 Å². The Morgan fingerprint density at radius 3 is 2.57 bits per heavy atom. The molecule has 1 aromatic carbocycles. The van der Waals surface area contributed by atoms with Crippen molar-refractivity contribution in [3.8, 4) is 11.5 Å². The van der Waals surface area contributed by atoms with Gasteiger partial charge in [-0.3, -0.25) is 10.1 Å². The molecule has 3 rings (SSSR count). The summed E-state index contributed by atoms with van der Waals surface area (Å²) in [6.07, 6.45) is 3.24. The largest absolute Gasteiger partial charge is 0.480 e. The second-order valence-electron chi connectivity index (χ2n) is 5.84. The van der Waals surface area contributed by atoms with Crippen LogP contribution in [0.2, 0.25) is 0 Å². The Morgan fingerprint density at radius 2 is 1.96 bits per heavy atom. The maximum Gasteiger partial charge on any atom is 0.323 e. The van der Waals surface area contributed by atoms with E-state index in [1.165, 1.54) is 0 Å². The molecular weight excluding hydrogens is 316 g/mol. The lowest BCUT2D eigenvalue weighted by molar-refractivity contribution is -0.144. The molecular formula is C17H21ClN2O3. The molecule has 0 bridgehead atoms. The second kappa shape index (κ2) is 7.15. The molecule has 0 saturated heterocycles. The van der Waals surface area contributed by atoms with Gasteiger partial charge in [0.05, 0.1) is 5.69 Å². The summed E-state index contributed by atoms with van der Waals surface area (Å²) in [5.41, 5.74) is 0.884. The normalized spacial score (nSPS) is 16.0. The van der Waals surface area contributed by atoms with Crippen molar-refractivity contribution in [1.29, 1.82) is 0 Å². The third kappa shape index (κ3) is 3.57. The summed E-state index contributed by atoms with van der Waals surface area (Å²) in [4.78, 5) is 16.1. The number of rotatable bonds is 5. The van der Waals surface area contributed by atoms with Crippen LogP contribution in [-0.2, 0) is 11.3 Å². The summed E-state index contributed by atoms with van der Waals surface area (Å²) >= 11 is 0. The smallest absolute Gasteiger partial charge is 0.323 e. The SMILES string of the molecule is Cc1oc(-c2ccccc2)nc1CNC1(C(=O)O)CCCC1.Cl. The van der Waals surface area contributed by atoms with Gasteiger partial charge in [0.15, 0.2) is 0 Å². The fourth-order valence-corrected chi connectivity index (χ4v) is 2.99. The van der Waals surface area contributed by atoms with E-state index in [0.717, 1.165) is 29.9 Å². The van der Waals surface area contributed by atoms with Crippen LogP contribution in [0.1, 0.15) is 37.1 Å². The first-order chi connectivity index (χ1) is 10.6. The van der Waals surface area contributed by atoms with Crippen molar-refractivity contribution in [1.82, 2.24) is 10.3 Å². The monoisotopic (exact) mass is 336 g/mol. The number of hydrogen-bond acceptors (Lipinski definition) is 4. The molecule has 0 aliphatic heterocycles. The van der Waals surface area contributed by atoms with Crippen molar-refractivity contribution in [2.24, 2.45) is 0 Å². The molecule has 1 saturated carbocycles. The first-order valence-electron chi connectivity index (χ1n) is 7.61. The molecule has 1 aliphatic carbocycles. The lowest BCUT2D eigenvalue weighted by Gasteiger charge is -2.24. The Hall–Kier alpha value is -1.85. The minimum absolute atomic E-state index is 0. The van der Waals surface area contributed by atoms with Gasteiger partial charge in [-0.25, -0.2) is 4.98 Å². The molecule has 0 radical (unpaired) electrons. The molecule has 2 aromatic rings. The number of aryl methyl sites for hydroxylation is 1. The van der Waals surface area contributed by atoms with E-state index in [2.05, 4.69) is 10.3 Å². The summed E-state index contributed by atoms with van der Waals surface area (Å²) < 4.78 is 5.71. The number of aliphatic carboxylic acids is 1. The van der Waals surface area contributed by atoms with Crippen molar-refractivity contribution in [3.63, 3.8) is 0 Å². The van der Waals surface area contributed by atoms with Gasteiger partial charge in [-0.1, -0.05) is 31.0 Å². The number of carbonyl (C=O) groups is 1. The van der Waals surface area contributed by atoms with Crippen molar-refractivity contribution < 1.29 is 14.3 Å². The van der Waals surface area contributed by atoms with E-state index in [1.807, 2.05) is 37.3 Å². The molecule has 0 amide bonds. The van der Waals surface area contributed by atoms with E-state index >= 15 is 0 Å². The van der Waals surface area contributed by atoms with Gasteiger partial charge in [0.1, 0.15) is 11.3 Å². The fourth-order valence-electron chi connectivity index (χ4n) is 2.99. The van der Waals surface area contributed by atoms with Crippen LogP contribution in [0.15, 0.2) is 34.7 Å². The molecule has 0 unspecified atom stereocenters. The molecule has 124 valence electrons. The Labute approximate surface area is 141 Å². The first kappa shape index (κ1) is 17.5. The van der Waals surface area contributed by atoms with Crippen LogP contribution in [0.5, 0.6) is 0 Å². The standard InChI is InChI=1S/C17H20N2O3.ClH/c1-12-14(11-18-17(16(20)21)9-5-6-10-17)19-15(22-12)13-7-3-2-4-8-13;/h2-4,7-8,18H,5-6,9-11H2,1H3,(H,20,21);1H. The van der Waals surface area contributed by atoms with E-state index < -0.39 is 11.5 Å². The summed E-state index contributed by atoms with van der Waals surface area (Å²) in [6.45, 7) is 2.27. The number of aromatic nitrogens is 1. The zero-order valence-corrected chi connectivity index (χ0v) is 13.9. The molecule has 1 aliphatic rings. The minimum atomic E-state index is -0.807. The van der Waals surface area contributed by atoms with E-state index in [9.17, 15) is 9.90 Å². The highest BCUT2D eigenvalue weighted by Crippen LogP contribution is 2.30. The Morgan fingerprint density at radius 1 is 1.30 bits per heavy atom. The van der Waals surface area contributed by atoms with Gasteiger partial charge in [0, 0.05) is 12.1 Å². The number of hydrogen-bond donors (Lipinski definition) is 2. The van der Waals surface area contributed by atoms with Crippen molar-refractivity contribution in [3.05, 3.63) is 41.8 Å². The highest BCUT2D eigenvalue weighted by molar-refractivity contribution is 5.85. The number of oxazole rings is 1. The van der Waals surface area contributed by atoms with Crippen molar-refractivity contribution >= 4 is 18.4 Å². The first-order valence-corrected chi connectivity index (χ1v) is 7.61. The minimum Gasteiger partial charge on any atom is -0.480 e. The number of carboxylic acid groups (broad SMARTS) is 1. The van der Waals surface area contributed by atoms with Gasteiger partial charge >= 0.3 is 5.97 Å². The maximum atomic E-state index is 11.6. The Kier molecular flexibility index (Phi) is 5.44. The number of nitrogens with zero attached hydrogens (tertiary/aromatic N) is 1. The topological polar surface area (TPSA) is 75.4 Å². The van der Waals surface area contributed by atoms with E-state index in [1.54, 1.807) is 0 Å². The van der Waals surface area contributed by atoms with Crippen LogP contribution >= 0.6 is 12.4 Å². The predicted octanol–water partition coefficient (Wildman–Crippen LogP) is 3.56. The molecule has 23 heavy (non-hydrogen) atoms. The van der Waals surface area contributed by atoms with Crippen molar-refractivity contribution in [2.45, 2.75) is 44.7 Å². The molecule has 2 N–H and O–H groups in total. The van der Waals surface area contributed by atoms with Crippen LogP contribution < -0.4 is 5.32 Å². The second-order valence-corrected chi connectivity index (χ2v) is 5.84. The summed E-state index contributed by atoms with van der Waals surface area (Å²) in [5.74, 6) is 0.532. The Bertz CT molecular complexity index is 664. The van der Waals surface area contributed by atoms with Crippen LogP contribution in [0.3, 0.4) is 0 Å². The average Bonchev–Trinajstić information content (AvgIpc) is 3.14. The van der Waals surface area contributed by atoms with Crippen LogP contribution in [-0.4, -0.2) is 21.6 Å². The quantitative estimate of drug-likeness (QED) is 0.873. The molecule has 0 spiro atoms. The van der Waals surface area contributed by atoms with E-state index in [-0.39, 0.29) is 12.4 Å². The van der Waals surface area contributed by atoms with E-state index in [0.29, 0.717) is 25.3 Å². The van der Waals surface area contributed by atoms with Crippen LogP contribution in [0, 0.1) is 6.92 Å². The maximum absolute atomic E-state index is 11.6. The fraction of sp³-hybridized carbons (Fsp3) is 0.412. The third-order valence-electron chi connectivity index (χ3n) is 4.37. The number of nitrogens with one attached hydrogen (secondary N) is 1. The van der Waals surface area contributed by atoms with Crippen molar-refractivity contribution in [2.75, 3.05) is 0 Å². The van der Waals surface area contributed by atoms with Gasteiger partial charge in [-0.15, -0.1) is 12.4 Å². The van der Waals surface area contributed by atoms with E-state index in [4.69, 9.17) is 4.42 Å².